The zero-order valence-corrected chi connectivity index (χ0v) is 10.4. The molecule has 1 aromatic carbocycles. The second-order valence-electron chi connectivity index (χ2n) is 3.79. The Labute approximate surface area is 106 Å². The second kappa shape index (κ2) is 6.44. The van der Waals surface area contributed by atoms with Crippen LogP contribution in [0.2, 0.25) is 0 Å². The number of hydrogen-bond acceptors (Lipinski definition) is 3. The average Bonchev–Trinajstić information content (AvgIpc) is 2.29. The normalized spacial score (nSPS) is 11.2. The van der Waals surface area contributed by atoms with Crippen molar-refractivity contribution in [3.8, 4) is 0 Å². The minimum atomic E-state index is -0.724. The summed E-state index contributed by atoms with van der Waals surface area (Å²) in [6, 6.07) is 8.53. The molecule has 18 heavy (non-hydrogen) atoms. The van der Waals surface area contributed by atoms with Gasteiger partial charge >= 0.3 is 12.0 Å². The standard InChI is InChI=1S/C13H16N2O3/c1-9(2)12(16)18-10(3)14-13(17)15-11-7-5-4-6-8-11/h4-8,10H,1H2,2-3H3,(H2,14,15,17). The van der Waals surface area contributed by atoms with Crippen LogP contribution in [-0.4, -0.2) is 18.2 Å². The van der Waals surface area contributed by atoms with Crippen molar-refractivity contribution in [3.63, 3.8) is 0 Å². The van der Waals surface area contributed by atoms with Crippen molar-refractivity contribution < 1.29 is 14.3 Å². The third kappa shape index (κ3) is 4.69. The number of carbonyl (C=O) groups is 2. The highest BCUT2D eigenvalue weighted by molar-refractivity contribution is 5.90. The molecule has 2 N–H and O–H groups in total. The lowest BCUT2D eigenvalue weighted by Gasteiger charge is -2.15. The smallest absolute Gasteiger partial charge is 0.335 e. The Morgan fingerprint density at radius 1 is 1.28 bits per heavy atom. The molecule has 0 saturated heterocycles. The minimum absolute atomic E-state index is 0.284. The van der Waals surface area contributed by atoms with E-state index in [2.05, 4.69) is 17.2 Å². The number of para-hydroxylation sites is 1. The Morgan fingerprint density at radius 3 is 2.44 bits per heavy atom. The molecule has 1 unspecified atom stereocenters. The summed E-state index contributed by atoms with van der Waals surface area (Å²) in [7, 11) is 0. The molecule has 2 amide bonds. The lowest BCUT2D eigenvalue weighted by atomic mass is 10.3. The maximum atomic E-state index is 11.5. The van der Waals surface area contributed by atoms with Crippen LogP contribution in [0, 0.1) is 0 Å². The summed E-state index contributed by atoms with van der Waals surface area (Å²) in [4.78, 5) is 22.7. The monoisotopic (exact) mass is 248 g/mol. The summed E-state index contributed by atoms with van der Waals surface area (Å²) in [6.07, 6.45) is -0.724. The van der Waals surface area contributed by atoms with Gasteiger partial charge in [-0.1, -0.05) is 24.8 Å². The van der Waals surface area contributed by atoms with E-state index in [1.165, 1.54) is 0 Å². The lowest BCUT2D eigenvalue weighted by molar-refractivity contribution is -0.144. The molecule has 0 spiro atoms. The molecule has 5 heteroatoms. The first kappa shape index (κ1) is 13.8. The summed E-state index contributed by atoms with van der Waals surface area (Å²) in [5.41, 5.74) is 0.945. The summed E-state index contributed by atoms with van der Waals surface area (Å²) >= 11 is 0. The van der Waals surface area contributed by atoms with Gasteiger partial charge in [0.05, 0.1) is 0 Å². The van der Waals surface area contributed by atoms with E-state index >= 15 is 0 Å². The van der Waals surface area contributed by atoms with Crippen LogP contribution in [0.4, 0.5) is 10.5 Å². The van der Waals surface area contributed by atoms with E-state index in [9.17, 15) is 9.59 Å². The Balaban J connectivity index is 2.41. The number of anilines is 1. The summed E-state index contributed by atoms with van der Waals surface area (Å²) in [5.74, 6) is -0.539. The van der Waals surface area contributed by atoms with Gasteiger partial charge in [-0.3, -0.25) is 0 Å². The number of esters is 1. The molecule has 0 aliphatic carbocycles. The first-order valence-corrected chi connectivity index (χ1v) is 5.48. The molecule has 0 aliphatic heterocycles. The SMILES string of the molecule is C=C(C)C(=O)OC(C)NC(=O)Nc1ccccc1. The molecular formula is C13H16N2O3. The summed E-state index contributed by atoms with van der Waals surface area (Å²) in [6.45, 7) is 6.55. The molecule has 1 rings (SSSR count). The van der Waals surface area contributed by atoms with Gasteiger partial charge in [-0.15, -0.1) is 0 Å². The van der Waals surface area contributed by atoms with Crippen LogP contribution in [0.25, 0.3) is 0 Å². The molecule has 1 aromatic rings. The fourth-order valence-corrected chi connectivity index (χ4v) is 1.16. The second-order valence-corrected chi connectivity index (χ2v) is 3.79. The molecule has 0 saturated carbocycles. The molecular weight excluding hydrogens is 232 g/mol. The molecule has 0 heterocycles. The van der Waals surface area contributed by atoms with Gasteiger partial charge in [0.25, 0.3) is 0 Å². The lowest BCUT2D eigenvalue weighted by Crippen LogP contribution is -2.39. The first-order chi connectivity index (χ1) is 8.49. The number of amides is 2. The number of ether oxygens (including phenoxy) is 1. The van der Waals surface area contributed by atoms with Crippen molar-refractivity contribution in [1.82, 2.24) is 5.32 Å². The predicted octanol–water partition coefficient (Wildman–Crippen LogP) is 2.27. The number of benzene rings is 1. The number of rotatable bonds is 4. The van der Waals surface area contributed by atoms with E-state index in [1.54, 1.807) is 38.1 Å². The minimum Gasteiger partial charge on any atom is -0.439 e. The largest absolute Gasteiger partial charge is 0.439 e. The van der Waals surface area contributed by atoms with E-state index in [1.807, 2.05) is 6.07 Å². The van der Waals surface area contributed by atoms with Crippen LogP contribution in [0.15, 0.2) is 42.5 Å². The predicted molar refractivity (Wildman–Crippen MR) is 69.0 cm³/mol. The van der Waals surface area contributed by atoms with E-state index in [-0.39, 0.29) is 5.57 Å². The fraction of sp³-hybridized carbons (Fsp3) is 0.231. The molecule has 1 atom stereocenters. The van der Waals surface area contributed by atoms with Gasteiger partial charge in [-0.05, 0) is 26.0 Å². The van der Waals surface area contributed by atoms with E-state index in [0.717, 1.165) is 0 Å². The summed E-state index contributed by atoms with van der Waals surface area (Å²) < 4.78 is 4.91. The summed E-state index contributed by atoms with van der Waals surface area (Å²) in [5, 5.41) is 5.09. The third-order valence-electron chi connectivity index (χ3n) is 2.00. The number of urea groups is 1. The van der Waals surface area contributed by atoms with Crippen LogP contribution in [0.1, 0.15) is 13.8 Å². The highest BCUT2D eigenvalue weighted by Crippen LogP contribution is 2.04. The molecule has 5 nitrogen and oxygen atoms in total. The van der Waals surface area contributed by atoms with Crippen molar-refractivity contribution in [3.05, 3.63) is 42.5 Å². The zero-order chi connectivity index (χ0) is 13.5. The van der Waals surface area contributed by atoms with E-state index in [0.29, 0.717) is 5.69 Å². The molecule has 0 fully saturated rings. The first-order valence-electron chi connectivity index (χ1n) is 5.48. The Kier molecular flexibility index (Phi) is 4.92. The Bertz CT molecular complexity index is 443. The van der Waals surface area contributed by atoms with Crippen LogP contribution in [-0.2, 0) is 9.53 Å². The van der Waals surface area contributed by atoms with Crippen molar-refractivity contribution in [1.29, 1.82) is 0 Å². The molecule has 0 aliphatic rings. The van der Waals surface area contributed by atoms with E-state index in [4.69, 9.17) is 4.74 Å². The zero-order valence-electron chi connectivity index (χ0n) is 10.4. The van der Waals surface area contributed by atoms with Crippen molar-refractivity contribution >= 4 is 17.7 Å². The Hall–Kier alpha value is -2.30. The van der Waals surface area contributed by atoms with Gasteiger partial charge in [0.1, 0.15) is 0 Å². The average molecular weight is 248 g/mol. The molecule has 0 radical (unpaired) electrons. The quantitative estimate of drug-likeness (QED) is 0.488. The van der Waals surface area contributed by atoms with Crippen LogP contribution in [0.3, 0.4) is 0 Å². The van der Waals surface area contributed by atoms with Crippen molar-refractivity contribution in [2.24, 2.45) is 0 Å². The van der Waals surface area contributed by atoms with Gasteiger partial charge < -0.3 is 15.4 Å². The van der Waals surface area contributed by atoms with Gasteiger partial charge in [0, 0.05) is 11.3 Å². The topological polar surface area (TPSA) is 67.4 Å². The maximum absolute atomic E-state index is 11.5. The number of carbonyl (C=O) groups excluding carboxylic acids is 2. The van der Waals surface area contributed by atoms with Gasteiger partial charge in [0.2, 0.25) is 0 Å². The molecule has 96 valence electrons. The Morgan fingerprint density at radius 2 is 1.89 bits per heavy atom. The fourth-order valence-electron chi connectivity index (χ4n) is 1.16. The molecule has 0 aromatic heterocycles. The number of nitrogens with one attached hydrogen (secondary N) is 2. The molecule has 0 bridgehead atoms. The van der Waals surface area contributed by atoms with Crippen LogP contribution >= 0.6 is 0 Å². The van der Waals surface area contributed by atoms with E-state index < -0.39 is 18.2 Å². The van der Waals surface area contributed by atoms with Crippen molar-refractivity contribution in [2.75, 3.05) is 5.32 Å². The van der Waals surface area contributed by atoms with Gasteiger partial charge in [-0.2, -0.15) is 0 Å². The van der Waals surface area contributed by atoms with Crippen LogP contribution in [0.5, 0.6) is 0 Å². The third-order valence-corrected chi connectivity index (χ3v) is 2.00. The highest BCUT2D eigenvalue weighted by Gasteiger charge is 2.12. The number of hydrogen-bond donors (Lipinski definition) is 2. The van der Waals surface area contributed by atoms with Gasteiger partial charge in [-0.25, -0.2) is 9.59 Å². The van der Waals surface area contributed by atoms with Crippen molar-refractivity contribution in [2.45, 2.75) is 20.1 Å². The van der Waals surface area contributed by atoms with Gasteiger partial charge in [0.15, 0.2) is 6.23 Å². The highest BCUT2D eigenvalue weighted by atomic mass is 16.6. The maximum Gasteiger partial charge on any atom is 0.335 e. The van der Waals surface area contributed by atoms with Crippen LogP contribution < -0.4 is 10.6 Å².